The van der Waals surface area contributed by atoms with Crippen LogP contribution in [0.2, 0.25) is 0 Å². The van der Waals surface area contributed by atoms with Crippen molar-refractivity contribution in [2.75, 3.05) is 0 Å². The fourth-order valence-electron chi connectivity index (χ4n) is 3.53. The molecule has 5 nitrogen and oxygen atoms in total. The second kappa shape index (κ2) is 5.82. The van der Waals surface area contributed by atoms with E-state index >= 15 is 0 Å². The molecule has 0 fully saturated rings. The van der Waals surface area contributed by atoms with Gasteiger partial charge in [0.1, 0.15) is 11.8 Å². The van der Waals surface area contributed by atoms with Crippen LogP contribution in [0.3, 0.4) is 0 Å². The lowest BCUT2D eigenvalue weighted by Gasteiger charge is -2.11. The number of benzene rings is 1. The molecule has 1 aromatic carbocycles. The Bertz CT molecular complexity index is 907. The van der Waals surface area contributed by atoms with Crippen molar-refractivity contribution >= 4 is 16.8 Å². The summed E-state index contributed by atoms with van der Waals surface area (Å²) >= 11 is 0. The van der Waals surface area contributed by atoms with Crippen LogP contribution in [0, 0.1) is 6.92 Å². The van der Waals surface area contributed by atoms with E-state index in [0.717, 1.165) is 24.1 Å². The van der Waals surface area contributed by atoms with Crippen LogP contribution in [0.15, 0.2) is 28.8 Å². The van der Waals surface area contributed by atoms with Gasteiger partial charge in [-0.2, -0.15) is 0 Å². The first kappa shape index (κ1) is 15.0. The number of rotatable bonds is 3. The van der Waals surface area contributed by atoms with E-state index in [-0.39, 0.29) is 11.9 Å². The molecule has 1 aliphatic carbocycles. The zero-order valence-corrected chi connectivity index (χ0v) is 14.0. The summed E-state index contributed by atoms with van der Waals surface area (Å²) in [5.41, 5.74) is 4.28. The molecule has 3 aromatic rings. The minimum absolute atomic E-state index is 0.109. The van der Waals surface area contributed by atoms with Gasteiger partial charge in [-0.3, -0.25) is 4.79 Å². The standard InChI is InChI=1S/C19H21N3O2/c1-11-10-20-19(24-11)12(2)21-18(23)15-8-5-7-14-13-6-3-4-9-16(13)22-17(14)15/h5,7-8,10,12,22H,3-4,6,9H2,1-2H3,(H,21,23). The van der Waals surface area contributed by atoms with Crippen molar-refractivity contribution < 1.29 is 9.21 Å². The Hall–Kier alpha value is -2.56. The van der Waals surface area contributed by atoms with Crippen LogP contribution in [0.25, 0.3) is 10.9 Å². The van der Waals surface area contributed by atoms with Crippen molar-refractivity contribution in [2.45, 2.75) is 45.6 Å². The first-order valence-electron chi connectivity index (χ1n) is 8.49. The maximum absolute atomic E-state index is 12.8. The van der Waals surface area contributed by atoms with Crippen LogP contribution >= 0.6 is 0 Å². The molecule has 4 rings (SSSR count). The van der Waals surface area contributed by atoms with Crippen LogP contribution in [0.1, 0.15) is 59.1 Å². The minimum atomic E-state index is -0.272. The van der Waals surface area contributed by atoms with Gasteiger partial charge in [0, 0.05) is 11.1 Å². The number of amides is 1. The van der Waals surface area contributed by atoms with Crippen molar-refractivity contribution in [3.05, 3.63) is 52.9 Å². The second-order valence-electron chi connectivity index (χ2n) is 6.52. The average Bonchev–Trinajstić information content (AvgIpc) is 3.18. The van der Waals surface area contributed by atoms with Gasteiger partial charge in [-0.1, -0.05) is 12.1 Å². The molecular weight excluding hydrogens is 302 g/mol. The molecule has 0 spiro atoms. The van der Waals surface area contributed by atoms with E-state index in [0.29, 0.717) is 11.5 Å². The average molecular weight is 323 g/mol. The number of oxazole rings is 1. The molecule has 2 N–H and O–H groups in total. The largest absolute Gasteiger partial charge is 0.444 e. The Morgan fingerprint density at radius 1 is 1.33 bits per heavy atom. The molecule has 1 aliphatic rings. The number of H-pyrrole nitrogens is 1. The molecule has 1 unspecified atom stereocenters. The number of nitrogens with zero attached hydrogens (tertiary/aromatic N) is 1. The van der Waals surface area contributed by atoms with Gasteiger partial charge >= 0.3 is 0 Å². The van der Waals surface area contributed by atoms with E-state index in [1.807, 2.05) is 26.0 Å². The van der Waals surface area contributed by atoms with Gasteiger partial charge in [0.15, 0.2) is 0 Å². The van der Waals surface area contributed by atoms with Gasteiger partial charge in [-0.15, -0.1) is 0 Å². The van der Waals surface area contributed by atoms with Gasteiger partial charge in [0.05, 0.1) is 17.3 Å². The van der Waals surface area contributed by atoms with Crippen molar-refractivity contribution in [1.29, 1.82) is 0 Å². The summed E-state index contributed by atoms with van der Waals surface area (Å²) in [6, 6.07) is 5.66. The smallest absolute Gasteiger partial charge is 0.254 e. The number of para-hydroxylation sites is 1. The highest BCUT2D eigenvalue weighted by molar-refractivity contribution is 6.06. The number of carbonyl (C=O) groups excluding carboxylic acids is 1. The maximum atomic E-state index is 12.8. The molecule has 0 radical (unpaired) electrons. The zero-order valence-electron chi connectivity index (χ0n) is 14.0. The third-order valence-corrected chi connectivity index (χ3v) is 4.74. The number of nitrogens with one attached hydrogen (secondary N) is 2. The van der Waals surface area contributed by atoms with Crippen LogP contribution in [-0.2, 0) is 12.8 Å². The predicted molar refractivity (Wildman–Crippen MR) is 92.1 cm³/mol. The monoisotopic (exact) mass is 323 g/mol. The van der Waals surface area contributed by atoms with E-state index in [4.69, 9.17) is 4.42 Å². The number of hydrogen-bond acceptors (Lipinski definition) is 3. The first-order chi connectivity index (χ1) is 11.6. The van der Waals surface area contributed by atoms with E-state index in [2.05, 4.69) is 21.4 Å². The van der Waals surface area contributed by atoms with Crippen LogP contribution in [0.5, 0.6) is 0 Å². The fraction of sp³-hybridized carbons (Fsp3) is 0.368. The number of fused-ring (bicyclic) bond motifs is 3. The van der Waals surface area contributed by atoms with Gasteiger partial charge in [-0.25, -0.2) is 4.98 Å². The zero-order chi connectivity index (χ0) is 16.7. The second-order valence-corrected chi connectivity index (χ2v) is 6.52. The molecule has 2 aromatic heterocycles. The Kier molecular flexibility index (Phi) is 3.63. The quantitative estimate of drug-likeness (QED) is 0.769. The van der Waals surface area contributed by atoms with Crippen LogP contribution in [0.4, 0.5) is 0 Å². The van der Waals surface area contributed by atoms with Crippen molar-refractivity contribution in [2.24, 2.45) is 0 Å². The summed E-state index contributed by atoms with van der Waals surface area (Å²) in [5, 5.41) is 4.16. The maximum Gasteiger partial charge on any atom is 0.254 e. The minimum Gasteiger partial charge on any atom is -0.444 e. The van der Waals surface area contributed by atoms with Crippen LogP contribution in [-0.4, -0.2) is 15.9 Å². The van der Waals surface area contributed by atoms with E-state index < -0.39 is 0 Å². The van der Waals surface area contributed by atoms with Crippen molar-refractivity contribution in [1.82, 2.24) is 15.3 Å². The molecule has 0 bridgehead atoms. The predicted octanol–water partition coefficient (Wildman–Crippen LogP) is 3.83. The molecule has 124 valence electrons. The highest BCUT2D eigenvalue weighted by atomic mass is 16.4. The Morgan fingerprint density at radius 2 is 2.17 bits per heavy atom. The Balaban J connectivity index is 1.66. The number of carbonyl (C=O) groups is 1. The van der Waals surface area contributed by atoms with Gasteiger partial charge < -0.3 is 14.7 Å². The third-order valence-electron chi connectivity index (χ3n) is 4.74. The summed E-state index contributed by atoms with van der Waals surface area (Å²) in [6.45, 7) is 3.72. The fourth-order valence-corrected chi connectivity index (χ4v) is 3.53. The molecule has 24 heavy (non-hydrogen) atoms. The Labute approximate surface area is 140 Å². The van der Waals surface area contributed by atoms with Gasteiger partial charge in [0.25, 0.3) is 5.91 Å². The summed E-state index contributed by atoms with van der Waals surface area (Å²) in [5.74, 6) is 1.16. The number of aromatic amines is 1. The highest BCUT2D eigenvalue weighted by Gasteiger charge is 2.21. The molecule has 1 atom stereocenters. The summed E-state index contributed by atoms with van der Waals surface area (Å²) in [7, 11) is 0. The summed E-state index contributed by atoms with van der Waals surface area (Å²) in [6.07, 6.45) is 6.25. The highest BCUT2D eigenvalue weighted by Crippen LogP contribution is 2.31. The molecule has 0 saturated heterocycles. The lowest BCUT2D eigenvalue weighted by Crippen LogP contribution is -2.27. The molecule has 0 aliphatic heterocycles. The van der Waals surface area contributed by atoms with E-state index in [9.17, 15) is 4.79 Å². The van der Waals surface area contributed by atoms with Crippen molar-refractivity contribution in [3.63, 3.8) is 0 Å². The molecule has 2 heterocycles. The van der Waals surface area contributed by atoms with E-state index in [1.54, 1.807) is 6.20 Å². The molecule has 1 amide bonds. The molecule has 5 heteroatoms. The van der Waals surface area contributed by atoms with Gasteiger partial charge in [0.2, 0.25) is 5.89 Å². The van der Waals surface area contributed by atoms with Gasteiger partial charge in [-0.05, 0) is 51.2 Å². The number of aryl methyl sites for hydroxylation is 3. The summed E-state index contributed by atoms with van der Waals surface area (Å²) < 4.78 is 5.50. The van der Waals surface area contributed by atoms with E-state index in [1.165, 1.54) is 29.5 Å². The SMILES string of the molecule is Cc1cnc(C(C)NC(=O)c2cccc3c4c([nH]c23)CCCC4)o1. The lowest BCUT2D eigenvalue weighted by atomic mass is 9.95. The van der Waals surface area contributed by atoms with Crippen molar-refractivity contribution in [3.8, 4) is 0 Å². The Morgan fingerprint density at radius 3 is 2.96 bits per heavy atom. The number of aromatic nitrogens is 2. The summed E-state index contributed by atoms with van der Waals surface area (Å²) in [4.78, 5) is 20.4. The van der Waals surface area contributed by atoms with Crippen LogP contribution < -0.4 is 5.32 Å². The third kappa shape index (κ3) is 2.50. The number of hydrogen-bond donors (Lipinski definition) is 2. The lowest BCUT2D eigenvalue weighted by molar-refractivity contribution is 0.0935. The normalized spacial score (nSPS) is 15.2. The first-order valence-corrected chi connectivity index (χ1v) is 8.49. The molecule has 0 saturated carbocycles. The topological polar surface area (TPSA) is 70.9 Å². The molecular formula is C19H21N3O2.